The lowest BCUT2D eigenvalue weighted by Crippen LogP contribution is -2.02. The highest BCUT2D eigenvalue weighted by Crippen LogP contribution is 2.23. The standard InChI is InChI=1S/C15H21NO3/c1-11(8-12(2)17-3)16-10-13-6-7-14(18-4)9-15(13)19-5/h6-7,9-11H,2,8H2,1,3-5H3. The predicted molar refractivity (Wildman–Crippen MR) is 77.4 cm³/mol. The Hall–Kier alpha value is -1.97. The van der Waals surface area contributed by atoms with Crippen LogP contribution in [0.1, 0.15) is 18.9 Å². The van der Waals surface area contributed by atoms with Crippen LogP contribution in [0.25, 0.3) is 0 Å². The van der Waals surface area contributed by atoms with Gasteiger partial charge in [-0.05, 0) is 19.1 Å². The van der Waals surface area contributed by atoms with Gasteiger partial charge in [-0.1, -0.05) is 6.58 Å². The summed E-state index contributed by atoms with van der Waals surface area (Å²) in [4.78, 5) is 4.46. The molecule has 19 heavy (non-hydrogen) atoms. The van der Waals surface area contributed by atoms with E-state index in [4.69, 9.17) is 14.2 Å². The second kappa shape index (κ2) is 7.46. The van der Waals surface area contributed by atoms with E-state index >= 15 is 0 Å². The summed E-state index contributed by atoms with van der Waals surface area (Å²) >= 11 is 0. The van der Waals surface area contributed by atoms with E-state index < -0.39 is 0 Å². The summed E-state index contributed by atoms with van der Waals surface area (Å²) in [5.74, 6) is 2.22. The fourth-order valence-electron chi connectivity index (χ4n) is 1.60. The normalized spacial score (nSPS) is 12.2. The second-order valence-electron chi connectivity index (χ2n) is 4.18. The lowest BCUT2D eigenvalue weighted by Gasteiger charge is -2.09. The molecule has 0 saturated heterocycles. The molecule has 0 saturated carbocycles. The van der Waals surface area contributed by atoms with Crippen molar-refractivity contribution in [1.29, 1.82) is 0 Å². The fraction of sp³-hybridized carbons (Fsp3) is 0.400. The maximum Gasteiger partial charge on any atom is 0.131 e. The van der Waals surface area contributed by atoms with Gasteiger partial charge in [0, 0.05) is 24.3 Å². The second-order valence-corrected chi connectivity index (χ2v) is 4.18. The molecule has 1 aromatic carbocycles. The molecule has 1 atom stereocenters. The van der Waals surface area contributed by atoms with E-state index in [0.717, 1.165) is 22.8 Å². The van der Waals surface area contributed by atoms with Crippen molar-refractivity contribution in [1.82, 2.24) is 0 Å². The summed E-state index contributed by atoms with van der Waals surface area (Å²) in [6, 6.07) is 5.74. The molecule has 0 radical (unpaired) electrons. The number of ether oxygens (including phenoxy) is 3. The first kappa shape index (κ1) is 15.1. The zero-order chi connectivity index (χ0) is 14.3. The lowest BCUT2D eigenvalue weighted by molar-refractivity contribution is 0.274. The molecular formula is C15H21NO3. The van der Waals surface area contributed by atoms with Gasteiger partial charge in [-0.2, -0.15) is 0 Å². The first-order chi connectivity index (χ1) is 9.10. The molecule has 1 rings (SSSR count). The molecule has 0 N–H and O–H groups in total. The van der Waals surface area contributed by atoms with Gasteiger partial charge >= 0.3 is 0 Å². The first-order valence-electron chi connectivity index (χ1n) is 6.07. The van der Waals surface area contributed by atoms with E-state index in [1.807, 2.05) is 25.1 Å². The zero-order valence-corrected chi connectivity index (χ0v) is 12.0. The van der Waals surface area contributed by atoms with Crippen molar-refractivity contribution in [3.8, 4) is 11.5 Å². The fourth-order valence-corrected chi connectivity index (χ4v) is 1.60. The van der Waals surface area contributed by atoms with Crippen molar-refractivity contribution in [2.75, 3.05) is 21.3 Å². The van der Waals surface area contributed by atoms with E-state index in [-0.39, 0.29) is 6.04 Å². The molecule has 0 amide bonds. The first-order valence-corrected chi connectivity index (χ1v) is 6.07. The van der Waals surface area contributed by atoms with Crippen LogP contribution in [-0.2, 0) is 4.74 Å². The van der Waals surface area contributed by atoms with Crippen LogP contribution >= 0.6 is 0 Å². The van der Waals surface area contributed by atoms with Crippen LogP contribution in [0, 0.1) is 0 Å². The minimum atomic E-state index is 0.110. The number of methoxy groups -OCH3 is 3. The average Bonchev–Trinajstić information content (AvgIpc) is 2.44. The Kier molecular flexibility index (Phi) is 5.93. The van der Waals surface area contributed by atoms with E-state index in [9.17, 15) is 0 Å². The monoisotopic (exact) mass is 263 g/mol. The Morgan fingerprint density at radius 3 is 2.63 bits per heavy atom. The topological polar surface area (TPSA) is 40.0 Å². The summed E-state index contributed by atoms with van der Waals surface area (Å²) in [7, 11) is 4.87. The molecule has 104 valence electrons. The van der Waals surface area contributed by atoms with Crippen LogP contribution in [0.2, 0.25) is 0 Å². The predicted octanol–water partition coefficient (Wildman–Crippen LogP) is 3.06. The molecular weight excluding hydrogens is 242 g/mol. The van der Waals surface area contributed by atoms with Crippen molar-refractivity contribution < 1.29 is 14.2 Å². The molecule has 0 fully saturated rings. The van der Waals surface area contributed by atoms with Crippen LogP contribution in [0.3, 0.4) is 0 Å². The van der Waals surface area contributed by atoms with Crippen molar-refractivity contribution in [2.24, 2.45) is 4.99 Å². The Bertz CT molecular complexity index is 455. The number of rotatable bonds is 7. The van der Waals surface area contributed by atoms with Crippen molar-refractivity contribution in [3.63, 3.8) is 0 Å². The highest BCUT2D eigenvalue weighted by atomic mass is 16.5. The van der Waals surface area contributed by atoms with Crippen LogP contribution in [-0.4, -0.2) is 33.6 Å². The number of hydrogen-bond acceptors (Lipinski definition) is 4. The maximum atomic E-state index is 5.31. The molecule has 1 aromatic rings. The summed E-state index contributed by atoms with van der Waals surface area (Å²) in [5.41, 5.74) is 0.915. The Morgan fingerprint density at radius 2 is 2.05 bits per heavy atom. The van der Waals surface area contributed by atoms with Gasteiger partial charge in [-0.15, -0.1) is 0 Å². The van der Waals surface area contributed by atoms with Crippen LogP contribution in [0.5, 0.6) is 11.5 Å². The summed E-state index contributed by atoms with van der Waals surface area (Å²) in [6.45, 7) is 5.80. The minimum Gasteiger partial charge on any atom is -0.502 e. The summed E-state index contributed by atoms with van der Waals surface area (Å²) < 4.78 is 15.5. The summed E-state index contributed by atoms with van der Waals surface area (Å²) in [6.07, 6.45) is 2.50. The third kappa shape index (κ3) is 4.66. The van der Waals surface area contributed by atoms with Gasteiger partial charge in [0.1, 0.15) is 11.5 Å². The van der Waals surface area contributed by atoms with Gasteiger partial charge in [-0.3, -0.25) is 4.99 Å². The van der Waals surface area contributed by atoms with Crippen LogP contribution in [0.4, 0.5) is 0 Å². The zero-order valence-electron chi connectivity index (χ0n) is 12.0. The van der Waals surface area contributed by atoms with Gasteiger partial charge in [0.2, 0.25) is 0 Å². The van der Waals surface area contributed by atoms with E-state index in [1.165, 1.54) is 0 Å². The van der Waals surface area contributed by atoms with Crippen LogP contribution < -0.4 is 9.47 Å². The average molecular weight is 263 g/mol. The lowest BCUT2D eigenvalue weighted by atomic mass is 10.2. The maximum absolute atomic E-state index is 5.31. The number of benzene rings is 1. The van der Waals surface area contributed by atoms with Gasteiger partial charge in [-0.25, -0.2) is 0 Å². The van der Waals surface area contributed by atoms with Gasteiger partial charge in [0.05, 0.1) is 33.1 Å². The van der Waals surface area contributed by atoms with Gasteiger partial charge < -0.3 is 14.2 Å². The Morgan fingerprint density at radius 1 is 1.32 bits per heavy atom. The minimum absolute atomic E-state index is 0.110. The quantitative estimate of drug-likeness (QED) is 0.560. The van der Waals surface area contributed by atoms with Crippen molar-refractivity contribution in [2.45, 2.75) is 19.4 Å². The largest absolute Gasteiger partial charge is 0.502 e. The molecule has 0 aromatic heterocycles. The van der Waals surface area contributed by atoms with Crippen LogP contribution in [0.15, 0.2) is 35.5 Å². The highest BCUT2D eigenvalue weighted by molar-refractivity contribution is 5.84. The van der Waals surface area contributed by atoms with Crippen molar-refractivity contribution in [3.05, 3.63) is 36.1 Å². The third-order valence-corrected chi connectivity index (χ3v) is 2.72. The van der Waals surface area contributed by atoms with E-state index in [0.29, 0.717) is 6.42 Å². The number of aliphatic imine (C=N–C) groups is 1. The summed E-state index contributed by atoms with van der Waals surface area (Å²) in [5, 5.41) is 0. The molecule has 4 nitrogen and oxygen atoms in total. The molecule has 0 aliphatic heterocycles. The molecule has 0 aliphatic carbocycles. The molecule has 1 unspecified atom stereocenters. The molecule has 0 spiro atoms. The highest BCUT2D eigenvalue weighted by Gasteiger charge is 2.05. The van der Waals surface area contributed by atoms with E-state index in [1.54, 1.807) is 27.5 Å². The SMILES string of the molecule is C=C(CC(C)N=Cc1ccc(OC)cc1OC)OC. The number of nitrogens with zero attached hydrogens (tertiary/aromatic N) is 1. The van der Waals surface area contributed by atoms with Crippen molar-refractivity contribution >= 4 is 6.21 Å². The third-order valence-electron chi connectivity index (χ3n) is 2.72. The van der Waals surface area contributed by atoms with E-state index in [2.05, 4.69) is 11.6 Å². The molecule has 0 aliphatic rings. The molecule has 0 heterocycles. The van der Waals surface area contributed by atoms with Gasteiger partial charge in [0.25, 0.3) is 0 Å². The number of hydrogen-bond donors (Lipinski definition) is 0. The Labute approximate surface area is 114 Å². The molecule has 0 bridgehead atoms. The van der Waals surface area contributed by atoms with Gasteiger partial charge in [0.15, 0.2) is 0 Å². The molecule has 4 heteroatoms. The Balaban J connectivity index is 2.78. The smallest absolute Gasteiger partial charge is 0.131 e.